The lowest BCUT2D eigenvalue weighted by atomic mass is 10.0. The van der Waals surface area contributed by atoms with Crippen LogP contribution in [0.3, 0.4) is 0 Å². The summed E-state index contributed by atoms with van der Waals surface area (Å²) >= 11 is 1.72. The van der Waals surface area contributed by atoms with Crippen molar-refractivity contribution in [2.75, 3.05) is 18.1 Å². The highest BCUT2D eigenvalue weighted by Crippen LogP contribution is 2.32. The number of ketones is 1. The lowest BCUT2D eigenvalue weighted by molar-refractivity contribution is 0.101. The number of phenolic OH excluding ortho intramolecular Hbond substituents is 1. The first-order valence-electron chi connectivity index (χ1n) is 7.16. The molecule has 0 heterocycles. The molecule has 118 valence electrons. The van der Waals surface area contributed by atoms with Crippen LogP contribution in [0.4, 0.5) is 0 Å². The predicted octanol–water partition coefficient (Wildman–Crippen LogP) is 3.74. The predicted molar refractivity (Wildman–Crippen MR) is 89.7 cm³/mol. The number of phenols is 1. The molecule has 0 aliphatic rings. The average molecular weight is 319 g/mol. The first kappa shape index (κ1) is 18.1. The van der Waals surface area contributed by atoms with Gasteiger partial charge in [0.1, 0.15) is 11.5 Å². The Hall–Kier alpha value is -1.93. The van der Waals surface area contributed by atoms with Crippen molar-refractivity contribution >= 4 is 17.5 Å². The Bertz CT molecular complexity index is 564. The molecule has 4 nitrogen and oxygen atoms in total. The number of nitriles is 1. The molecule has 0 bridgehead atoms. The molecule has 1 aromatic carbocycles. The number of hydrogen-bond acceptors (Lipinski definition) is 5. The summed E-state index contributed by atoms with van der Waals surface area (Å²) in [5.41, 5.74) is 0.899. The van der Waals surface area contributed by atoms with Crippen LogP contribution in [-0.2, 0) is 6.42 Å². The monoisotopic (exact) mass is 319 g/mol. The number of ether oxygens (including phenoxy) is 1. The molecule has 0 aliphatic heterocycles. The van der Waals surface area contributed by atoms with Crippen LogP contribution in [0.25, 0.3) is 0 Å². The zero-order valence-electron chi connectivity index (χ0n) is 12.8. The minimum absolute atomic E-state index is 0.0201. The Balaban J connectivity index is 2.62. The fraction of sp³-hybridized carbons (Fsp3) is 0.412. The third-order valence-electron chi connectivity index (χ3n) is 3.02. The van der Waals surface area contributed by atoms with E-state index in [0.29, 0.717) is 36.3 Å². The Labute approximate surface area is 135 Å². The molecule has 0 spiro atoms. The summed E-state index contributed by atoms with van der Waals surface area (Å²) in [5, 5.41) is 18.6. The highest BCUT2D eigenvalue weighted by atomic mass is 32.2. The van der Waals surface area contributed by atoms with Gasteiger partial charge in [-0.25, -0.2) is 0 Å². The minimum Gasteiger partial charge on any atom is -0.507 e. The molecule has 0 saturated heterocycles. The van der Waals surface area contributed by atoms with Crippen molar-refractivity contribution in [3.8, 4) is 17.6 Å². The van der Waals surface area contributed by atoms with Gasteiger partial charge >= 0.3 is 0 Å². The molecule has 1 N–H and O–H groups in total. The summed E-state index contributed by atoms with van der Waals surface area (Å²) in [6, 6.07) is 5.41. The topological polar surface area (TPSA) is 70.3 Å². The summed E-state index contributed by atoms with van der Waals surface area (Å²) in [6.45, 7) is 5.62. The van der Waals surface area contributed by atoms with Crippen LogP contribution < -0.4 is 4.74 Å². The van der Waals surface area contributed by atoms with E-state index in [2.05, 4.69) is 12.6 Å². The van der Waals surface area contributed by atoms with Crippen LogP contribution in [0.1, 0.15) is 35.7 Å². The third kappa shape index (κ3) is 5.45. The molecule has 0 unspecified atom stereocenters. The van der Waals surface area contributed by atoms with Crippen molar-refractivity contribution in [1.29, 1.82) is 5.26 Å². The summed E-state index contributed by atoms with van der Waals surface area (Å²) in [4.78, 5) is 11.5. The van der Waals surface area contributed by atoms with Gasteiger partial charge in [0.25, 0.3) is 0 Å². The van der Waals surface area contributed by atoms with Crippen molar-refractivity contribution < 1.29 is 14.6 Å². The van der Waals surface area contributed by atoms with Crippen LogP contribution >= 0.6 is 11.8 Å². The molecule has 0 atom stereocenters. The summed E-state index contributed by atoms with van der Waals surface area (Å²) < 4.78 is 5.71. The number of rotatable bonds is 10. The Morgan fingerprint density at radius 3 is 2.91 bits per heavy atom. The number of hydrogen-bond donors (Lipinski definition) is 1. The Morgan fingerprint density at radius 1 is 1.50 bits per heavy atom. The lowest BCUT2D eigenvalue weighted by Crippen LogP contribution is -2.04. The van der Waals surface area contributed by atoms with Gasteiger partial charge in [-0.05, 0) is 37.7 Å². The number of benzene rings is 1. The van der Waals surface area contributed by atoms with E-state index in [4.69, 9.17) is 10.00 Å². The van der Waals surface area contributed by atoms with E-state index >= 15 is 0 Å². The highest BCUT2D eigenvalue weighted by molar-refractivity contribution is 7.99. The van der Waals surface area contributed by atoms with Gasteiger partial charge in [0.05, 0.1) is 18.2 Å². The van der Waals surface area contributed by atoms with Crippen LogP contribution in [-0.4, -0.2) is 29.0 Å². The number of thioether (sulfide) groups is 1. The summed E-state index contributed by atoms with van der Waals surface area (Å²) in [6.07, 6.45) is 3.54. The minimum atomic E-state index is -0.178. The van der Waals surface area contributed by atoms with Gasteiger partial charge in [-0.1, -0.05) is 6.08 Å². The number of nitrogens with zero attached hydrogens (tertiary/aromatic N) is 1. The molecule has 0 aliphatic carbocycles. The molecule has 0 fully saturated rings. The number of carbonyl (C=O) groups is 1. The maximum absolute atomic E-state index is 11.5. The van der Waals surface area contributed by atoms with Gasteiger partial charge in [-0.15, -0.1) is 6.58 Å². The SMILES string of the molecule is C=CCc1c(OCCCSCCC#N)ccc(C(C)=O)c1O. The van der Waals surface area contributed by atoms with Crippen molar-refractivity contribution in [2.24, 2.45) is 0 Å². The van der Waals surface area contributed by atoms with E-state index in [0.717, 1.165) is 17.9 Å². The molecule has 0 radical (unpaired) electrons. The van der Waals surface area contributed by atoms with Crippen LogP contribution in [0.15, 0.2) is 24.8 Å². The molecule has 1 rings (SSSR count). The molecule has 5 heteroatoms. The number of aromatic hydroxyl groups is 1. The zero-order valence-corrected chi connectivity index (χ0v) is 13.6. The normalized spacial score (nSPS) is 10.0. The van der Waals surface area contributed by atoms with Crippen LogP contribution in [0.2, 0.25) is 0 Å². The van der Waals surface area contributed by atoms with E-state index in [1.165, 1.54) is 6.92 Å². The molecule has 0 aromatic heterocycles. The zero-order chi connectivity index (χ0) is 16.4. The standard InChI is InChI=1S/C17H21NO3S/c1-3-6-15-16(8-7-14(13(2)19)17(15)20)21-10-5-12-22-11-4-9-18/h3,7-8,20H,1,4-6,10-12H2,2H3. The Kier molecular flexibility index (Phi) is 8.16. The smallest absolute Gasteiger partial charge is 0.163 e. The quantitative estimate of drug-likeness (QED) is 0.404. The second kappa shape index (κ2) is 9.91. The molecule has 22 heavy (non-hydrogen) atoms. The van der Waals surface area contributed by atoms with Gasteiger partial charge in [-0.3, -0.25) is 4.79 Å². The van der Waals surface area contributed by atoms with Gasteiger partial charge in [0.15, 0.2) is 5.78 Å². The Morgan fingerprint density at radius 2 is 2.27 bits per heavy atom. The van der Waals surface area contributed by atoms with E-state index < -0.39 is 0 Å². The fourth-order valence-corrected chi connectivity index (χ4v) is 2.70. The van der Waals surface area contributed by atoms with Gasteiger partial charge in [0, 0.05) is 17.7 Å². The largest absolute Gasteiger partial charge is 0.507 e. The molecular weight excluding hydrogens is 298 g/mol. The highest BCUT2D eigenvalue weighted by Gasteiger charge is 2.15. The summed E-state index contributed by atoms with van der Waals surface area (Å²) in [5.74, 6) is 2.16. The number of Topliss-reactive ketones (excluding diaryl/α,β-unsaturated/α-hetero) is 1. The molecule has 0 saturated carbocycles. The van der Waals surface area contributed by atoms with Gasteiger partial charge in [0.2, 0.25) is 0 Å². The number of carbonyl (C=O) groups excluding carboxylic acids is 1. The average Bonchev–Trinajstić information content (AvgIpc) is 2.49. The van der Waals surface area contributed by atoms with Gasteiger partial charge < -0.3 is 9.84 Å². The van der Waals surface area contributed by atoms with Crippen molar-refractivity contribution in [1.82, 2.24) is 0 Å². The first-order valence-corrected chi connectivity index (χ1v) is 8.31. The number of allylic oxidation sites excluding steroid dienone is 1. The maximum atomic E-state index is 11.5. The molecule has 1 aromatic rings. The van der Waals surface area contributed by atoms with E-state index in [9.17, 15) is 9.90 Å². The lowest BCUT2D eigenvalue weighted by Gasteiger charge is -2.14. The second-order valence-electron chi connectivity index (χ2n) is 4.71. The van der Waals surface area contributed by atoms with Crippen molar-refractivity contribution in [3.63, 3.8) is 0 Å². The van der Waals surface area contributed by atoms with Gasteiger partial charge in [-0.2, -0.15) is 17.0 Å². The van der Waals surface area contributed by atoms with Crippen LogP contribution in [0, 0.1) is 11.3 Å². The fourth-order valence-electron chi connectivity index (χ4n) is 1.94. The molecular formula is C17H21NO3S. The van der Waals surface area contributed by atoms with E-state index in [1.807, 2.05) is 0 Å². The third-order valence-corrected chi connectivity index (χ3v) is 4.09. The summed E-state index contributed by atoms with van der Waals surface area (Å²) in [7, 11) is 0. The second-order valence-corrected chi connectivity index (χ2v) is 5.93. The van der Waals surface area contributed by atoms with Crippen molar-refractivity contribution in [2.45, 2.75) is 26.2 Å². The van der Waals surface area contributed by atoms with E-state index in [-0.39, 0.29) is 11.5 Å². The first-order chi connectivity index (χ1) is 10.6. The van der Waals surface area contributed by atoms with Crippen molar-refractivity contribution in [3.05, 3.63) is 35.9 Å². The van der Waals surface area contributed by atoms with E-state index in [1.54, 1.807) is 30.0 Å². The van der Waals surface area contributed by atoms with Crippen LogP contribution in [0.5, 0.6) is 11.5 Å². The maximum Gasteiger partial charge on any atom is 0.163 e. The molecule has 0 amide bonds.